The van der Waals surface area contributed by atoms with Crippen LogP contribution < -0.4 is 5.56 Å². The Morgan fingerprint density at radius 3 is 2.75 bits per heavy atom. The predicted molar refractivity (Wildman–Crippen MR) is 110 cm³/mol. The first-order chi connectivity index (χ1) is 13.7. The minimum absolute atomic E-state index is 0.0328. The Morgan fingerprint density at radius 2 is 1.96 bits per heavy atom. The highest BCUT2D eigenvalue weighted by molar-refractivity contribution is 7.08. The molecule has 0 N–H and O–H groups in total. The largest absolute Gasteiger partial charge is 0.346 e. The van der Waals surface area contributed by atoms with Crippen LogP contribution in [0.25, 0.3) is 0 Å². The third-order valence-electron chi connectivity index (χ3n) is 6.12. The van der Waals surface area contributed by atoms with Crippen LogP contribution in [-0.2, 0) is 11.3 Å². The number of amides is 1. The smallest absolute Gasteiger partial charge is 0.250 e. The SMILES string of the molecule is O=C(C[C@H](c1ccsc1)n1cccc1)N1C[C@H]2C[C@@H](C1)c1cccc(=O)n1C2. The number of carbonyl (C=O) groups excluding carboxylic acids is 1. The summed E-state index contributed by atoms with van der Waals surface area (Å²) in [5.41, 5.74) is 2.35. The van der Waals surface area contributed by atoms with Gasteiger partial charge in [0.2, 0.25) is 5.91 Å². The quantitative estimate of drug-likeness (QED) is 0.683. The molecule has 0 spiro atoms. The zero-order chi connectivity index (χ0) is 19.1. The molecule has 5 nitrogen and oxygen atoms in total. The molecule has 0 aliphatic carbocycles. The van der Waals surface area contributed by atoms with Crippen molar-refractivity contribution in [3.05, 3.63) is 81.2 Å². The number of thiophene rings is 1. The first-order valence-electron chi connectivity index (χ1n) is 9.81. The molecule has 144 valence electrons. The maximum Gasteiger partial charge on any atom is 0.250 e. The summed E-state index contributed by atoms with van der Waals surface area (Å²) >= 11 is 1.66. The Labute approximate surface area is 167 Å². The minimum atomic E-state index is 0.0328. The van der Waals surface area contributed by atoms with Crippen LogP contribution in [0.3, 0.4) is 0 Å². The van der Waals surface area contributed by atoms with E-state index in [0.717, 1.165) is 25.2 Å². The fraction of sp³-hybridized carbons (Fsp3) is 0.364. The number of aromatic nitrogens is 2. The number of piperidine rings is 1. The summed E-state index contributed by atoms with van der Waals surface area (Å²) < 4.78 is 4.04. The zero-order valence-electron chi connectivity index (χ0n) is 15.6. The van der Waals surface area contributed by atoms with Crippen LogP contribution in [0, 0.1) is 5.92 Å². The molecule has 3 aromatic rings. The molecule has 2 aliphatic rings. The van der Waals surface area contributed by atoms with Gasteiger partial charge in [-0.05, 0) is 52.9 Å². The molecule has 6 heteroatoms. The number of nitrogens with zero attached hydrogens (tertiary/aromatic N) is 3. The van der Waals surface area contributed by atoms with Crippen LogP contribution in [-0.4, -0.2) is 33.0 Å². The van der Waals surface area contributed by atoms with Crippen molar-refractivity contribution >= 4 is 17.2 Å². The van der Waals surface area contributed by atoms with Gasteiger partial charge in [-0.3, -0.25) is 9.59 Å². The molecule has 1 saturated heterocycles. The van der Waals surface area contributed by atoms with Crippen LogP contribution in [0.2, 0.25) is 0 Å². The summed E-state index contributed by atoms with van der Waals surface area (Å²) in [7, 11) is 0. The normalized spacial score (nSPS) is 21.9. The number of rotatable bonds is 4. The van der Waals surface area contributed by atoms with E-state index in [1.54, 1.807) is 17.4 Å². The van der Waals surface area contributed by atoms with Crippen molar-refractivity contribution in [2.75, 3.05) is 13.1 Å². The Bertz CT molecular complexity index is 988. The van der Waals surface area contributed by atoms with Crippen molar-refractivity contribution < 1.29 is 4.79 Å². The molecule has 5 heterocycles. The number of hydrogen-bond donors (Lipinski definition) is 0. The second kappa shape index (κ2) is 7.09. The van der Waals surface area contributed by atoms with Gasteiger partial charge in [0, 0.05) is 49.7 Å². The van der Waals surface area contributed by atoms with E-state index < -0.39 is 0 Å². The molecule has 2 aliphatic heterocycles. The first kappa shape index (κ1) is 17.5. The van der Waals surface area contributed by atoms with E-state index in [1.165, 1.54) is 5.56 Å². The number of likely N-dealkylation sites (tertiary alicyclic amines) is 1. The van der Waals surface area contributed by atoms with E-state index in [-0.39, 0.29) is 23.4 Å². The van der Waals surface area contributed by atoms with Gasteiger partial charge in [0.15, 0.2) is 0 Å². The summed E-state index contributed by atoms with van der Waals surface area (Å²) in [6.45, 7) is 2.18. The Balaban J connectivity index is 1.37. The van der Waals surface area contributed by atoms with Crippen LogP contribution in [0.5, 0.6) is 0 Å². The molecule has 2 bridgehead atoms. The lowest BCUT2D eigenvalue weighted by Crippen LogP contribution is -2.49. The number of carbonyl (C=O) groups is 1. The molecular formula is C22H23N3O2S. The van der Waals surface area contributed by atoms with Gasteiger partial charge in [-0.25, -0.2) is 0 Å². The topological polar surface area (TPSA) is 47.2 Å². The molecule has 0 aromatic carbocycles. The molecule has 1 amide bonds. The van der Waals surface area contributed by atoms with Crippen molar-refractivity contribution in [1.82, 2.24) is 14.0 Å². The first-order valence-corrected chi connectivity index (χ1v) is 10.8. The molecule has 0 radical (unpaired) electrons. The van der Waals surface area contributed by atoms with Gasteiger partial charge in [-0.2, -0.15) is 11.3 Å². The minimum Gasteiger partial charge on any atom is -0.346 e. The lowest BCUT2D eigenvalue weighted by Gasteiger charge is -2.43. The highest BCUT2D eigenvalue weighted by Crippen LogP contribution is 2.36. The molecule has 3 aromatic heterocycles. The Kier molecular flexibility index (Phi) is 4.43. The van der Waals surface area contributed by atoms with Crippen molar-refractivity contribution in [3.8, 4) is 0 Å². The van der Waals surface area contributed by atoms with Crippen LogP contribution in [0.1, 0.15) is 36.1 Å². The molecule has 3 atom stereocenters. The molecule has 5 rings (SSSR count). The summed E-state index contributed by atoms with van der Waals surface area (Å²) in [6.07, 6.45) is 5.59. The van der Waals surface area contributed by atoms with Gasteiger partial charge in [-0.1, -0.05) is 6.07 Å². The second-order valence-corrected chi connectivity index (χ2v) is 8.68. The van der Waals surface area contributed by atoms with E-state index >= 15 is 0 Å². The van der Waals surface area contributed by atoms with Gasteiger partial charge in [0.05, 0.1) is 12.5 Å². The maximum absolute atomic E-state index is 13.3. The van der Waals surface area contributed by atoms with Crippen molar-refractivity contribution in [2.24, 2.45) is 5.92 Å². The van der Waals surface area contributed by atoms with Gasteiger partial charge in [0.1, 0.15) is 0 Å². The van der Waals surface area contributed by atoms with E-state index in [4.69, 9.17) is 0 Å². The summed E-state index contributed by atoms with van der Waals surface area (Å²) in [5, 5.41) is 4.20. The van der Waals surface area contributed by atoms with Crippen LogP contribution in [0.4, 0.5) is 0 Å². The highest BCUT2D eigenvalue weighted by atomic mass is 32.1. The van der Waals surface area contributed by atoms with E-state index in [0.29, 0.717) is 18.9 Å². The number of hydrogen-bond acceptors (Lipinski definition) is 3. The van der Waals surface area contributed by atoms with Crippen LogP contribution in [0.15, 0.2) is 64.3 Å². The average molecular weight is 394 g/mol. The van der Waals surface area contributed by atoms with Crippen molar-refractivity contribution in [3.63, 3.8) is 0 Å². The third-order valence-corrected chi connectivity index (χ3v) is 6.82. The van der Waals surface area contributed by atoms with Gasteiger partial charge >= 0.3 is 0 Å². The Hall–Kier alpha value is -2.60. The maximum atomic E-state index is 13.3. The molecule has 0 saturated carbocycles. The lowest BCUT2D eigenvalue weighted by atomic mass is 9.83. The van der Waals surface area contributed by atoms with E-state index in [2.05, 4.69) is 21.4 Å². The predicted octanol–water partition coefficient (Wildman–Crippen LogP) is 3.34. The summed E-state index contributed by atoms with van der Waals surface area (Å²) in [5.74, 6) is 0.823. The fourth-order valence-electron chi connectivity index (χ4n) is 4.81. The fourth-order valence-corrected chi connectivity index (χ4v) is 5.52. The monoisotopic (exact) mass is 393 g/mol. The summed E-state index contributed by atoms with van der Waals surface area (Å²) in [6, 6.07) is 11.7. The lowest BCUT2D eigenvalue weighted by molar-refractivity contribution is -0.134. The molecule has 1 fully saturated rings. The van der Waals surface area contributed by atoms with E-state index in [1.807, 2.05) is 46.1 Å². The van der Waals surface area contributed by atoms with Crippen molar-refractivity contribution in [1.29, 1.82) is 0 Å². The number of pyridine rings is 1. The second-order valence-electron chi connectivity index (χ2n) is 7.90. The standard InChI is InChI=1S/C22H23N3O2S/c26-21-5-3-4-19-18-10-16(13-25(19)21)12-24(14-18)22(27)11-20(17-6-9-28-15-17)23-7-1-2-8-23/h1-9,15-16,18,20H,10-14H2/t16-,18+,20-/m1/s1. The van der Waals surface area contributed by atoms with Gasteiger partial charge in [0.25, 0.3) is 5.56 Å². The number of fused-ring (bicyclic) bond motifs is 4. The molecule has 0 unspecified atom stereocenters. The van der Waals surface area contributed by atoms with Crippen molar-refractivity contribution in [2.45, 2.75) is 31.3 Å². The molecule has 28 heavy (non-hydrogen) atoms. The average Bonchev–Trinajstić information content (AvgIpc) is 3.41. The Morgan fingerprint density at radius 1 is 1.11 bits per heavy atom. The van der Waals surface area contributed by atoms with Gasteiger partial charge in [-0.15, -0.1) is 0 Å². The van der Waals surface area contributed by atoms with E-state index in [9.17, 15) is 9.59 Å². The zero-order valence-corrected chi connectivity index (χ0v) is 16.4. The summed E-state index contributed by atoms with van der Waals surface area (Å²) in [4.78, 5) is 27.5. The molecular weight excluding hydrogens is 370 g/mol. The highest BCUT2D eigenvalue weighted by Gasteiger charge is 2.36. The van der Waals surface area contributed by atoms with Crippen LogP contribution >= 0.6 is 11.3 Å². The van der Waals surface area contributed by atoms with Gasteiger partial charge < -0.3 is 14.0 Å². The third kappa shape index (κ3) is 3.11.